The number of ketones is 3. The number of fused-ring (bicyclic) bond motifs is 3. The van der Waals surface area contributed by atoms with Crippen LogP contribution in [0.4, 0.5) is 0 Å². The zero-order chi connectivity index (χ0) is 33.0. The standard InChI is InChI=1S/C31H37N3O11/c1-12-25(36)17(34-30(41)16(33)7-8-32)9-20(44-12)45-19-11-31(42,13(2)35)10-15-22(19)29(40)24-23(27(15)38)26(37)14-5-4-6-18(43-3)21(14)28(24)39/h4-6,12,16-17,19-20,25,36,38,40,42H,7-11,32-33H2,1-3H3,(H,34,41). The molecule has 2 aromatic rings. The summed E-state index contributed by atoms with van der Waals surface area (Å²) in [5.74, 6) is -3.99. The highest BCUT2D eigenvalue weighted by Crippen LogP contribution is 2.52. The number of phenolic OH excluding ortho intramolecular Hbond substituents is 2. The number of methoxy groups -OCH3 is 1. The van der Waals surface area contributed by atoms with Gasteiger partial charge in [0.05, 0.1) is 48.1 Å². The largest absolute Gasteiger partial charge is 0.507 e. The number of carbonyl (C=O) groups is 4. The molecular formula is C31H37N3O11. The summed E-state index contributed by atoms with van der Waals surface area (Å²) < 4.78 is 17.3. The third-order valence-corrected chi connectivity index (χ3v) is 8.90. The van der Waals surface area contributed by atoms with Crippen molar-refractivity contribution in [2.45, 2.75) is 81.8 Å². The minimum atomic E-state index is -2.08. The van der Waals surface area contributed by atoms with Crippen LogP contribution in [0.5, 0.6) is 17.2 Å². The summed E-state index contributed by atoms with van der Waals surface area (Å²) in [4.78, 5) is 52.7. The van der Waals surface area contributed by atoms with Crippen molar-refractivity contribution in [3.8, 4) is 17.2 Å². The highest BCUT2D eigenvalue weighted by atomic mass is 16.7. The van der Waals surface area contributed by atoms with Crippen molar-refractivity contribution in [1.82, 2.24) is 5.32 Å². The molecule has 1 fully saturated rings. The average molecular weight is 628 g/mol. The van der Waals surface area contributed by atoms with Gasteiger partial charge in [0.1, 0.15) is 29.0 Å². The molecule has 2 aromatic carbocycles. The first-order chi connectivity index (χ1) is 21.2. The molecule has 0 bridgehead atoms. The van der Waals surface area contributed by atoms with E-state index in [0.717, 1.165) is 6.92 Å². The Kier molecular flexibility index (Phi) is 8.74. The summed E-state index contributed by atoms with van der Waals surface area (Å²) in [7, 11) is 1.32. The second-order valence-electron chi connectivity index (χ2n) is 11.8. The summed E-state index contributed by atoms with van der Waals surface area (Å²) in [6.07, 6.45) is -5.28. The molecule has 242 valence electrons. The van der Waals surface area contributed by atoms with Gasteiger partial charge in [0.25, 0.3) is 0 Å². The molecular weight excluding hydrogens is 590 g/mol. The predicted octanol–water partition coefficient (Wildman–Crippen LogP) is -0.137. The SMILES string of the molecule is COc1cccc2c1C(=O)c1c(O)c3c(c(O)c1C2=O)CC(O)(C(C)=O)CC3OC1CC(NC(=O)C(N)CCN)C(O)C(C)O1. The molecule has 45 heavy (non-hydrogen) atoms. The van der Waals surface area contributed by atoms with Gasteiger partial charge >= 0.3 is 0 Å². The molecule has 0 aromatic heterocycles. The quantitative estimate of drug-likeness (QED) is 0.161. The first-order valence-corrected chi connectivity index (χ1v) is 14.6. The predicted molar refractivity (Wildman–Crippen MR) is 156 cm³/mol. The maximum Gasteiger partial charge on any atom is 0.237 e. The monoisotopic (exact) mass is 627 g/mol. The summed E-state index contributed by atoms with van der Waals surface area (Å²) in [6, 6.07) is 2.59. The highest BCUT2D eigenvalue weighted by Gasteiger charge is 2.49. The van der Waals surface area contributed by atoms with Crippen molar-refractivity contribution < 1.29 is 53.8 Å². The molecule has 2 aliphatic carbocycles. The van der Waals surface area contributed by atoms with Crippen LogP contribution in [0.3, 0.4) is 0 Å². The molecule has 0 saturated carbocycles. The molecule has 1 heterocycles. The van der Waals surface area contributed by atoms with Gasteiger partial charge in [-0.15, -0.1) is 0 Å². The third kappa shape index (κ3) is 5.47. The maximum atomic E-state index is 13.8. The van der Waals surface area contributed by atoms with Crippen LogP contribution in [0.25, 0.3) is 0 Å². The Bertz CT molecular complexity index is 1580. The van der Waals surface area contributed by atoms with Crippen LogP contribution in [-0.4, -0.2) is 93.5 Å². The van der Waals surface area contributed by atoms with E-state index in [2.05, 4.69) is 5.32 Å². The lowest BCUT2D eigenvalue weighted by Gasteiger charge is -2.43. The lowest BCUT2D eigenvalue weighted by molar-refractivity contribution is -0.249. The van der Waals surface area contributed by atoms with E-state index in [1.54, 1.807) is 6.92 Å². The van der Waals surface area contributed by atoms with Crippen LogP contribution in [0, 0.1) is 0 Å². The number of hydrogen-bond donors (Lipinski definition) is 7. The van der Waals surface area contributed by atoms with Gasteiger partial charge < -0.3 is 51.4 Å². The number of aliphatic hydroxyl groups excluding tert-OH is 1. The molecule has 7 unspecified atom stereocenters. The first-order valence-electron chi connectivity index (χ1n) is 14.6. The van der Waals surface area contributed by atoms with Crippen molar-refractivity contribution in [2.75, 3.05) is 13.7 Å². The zero-order valence-corrected chi connectivity index (χ0v) is 25.0. The van der Waals surface area contributed by atoms with E-state index in [1.165, 1.54) is 25.3 Å². The van der Waals surface area contributed by atoms with E-state index >= 15 is 0 Å². The molecule has 1 saturated heterocycles. The van der Waals surface area contributed by atoms with E-state index in [9.17, 15) is 39.6 Å². The normalized spacial score (nSPS) is 28.0. The number of nitrogens with one attached hydrogen (secondary N) is 1. The van der Waals surface area contributed by atoms with E-state index in [4.69, 9.17) is 25.7 Å². The summed E-state index contributed by atoms with van der Waals surface area (Å²) in [6.45, 7) is 2.88. The number of amides is 1. The molecule has 14 heteroatoms. The Labute approximate surface area is 258 Å². The van der Waals surface area contributed by atoms with Gasteiger partial charge in [-0.3, -0.25) is 19.2 Å². The van der Waals surface area contributed by atoms with Gasteiger partial charge in [-0.25, -0.2) is 0 Å². The van der Waals surface area contributed by atoms with Crippen LogP contribution in [0.1, 0.15) is 82.2 Å². The fourth-order valence-electron chi connectivity index (χ4n) is 6.37. The van der Waals surface area contributed by atoms with Crippen molar-refractivity contribution >= 4 is 23.3 Å². The number of phenols is 2. The molecule has 0 spiro atoms. The lowest BCUT2D eigenvalue weighted by Crippen LogP contribution is -2.58. The second-order valence-corrected chi connectivity index (χ2v) is 11.8. The summed E-state index contributed by atoms with van der Waals surface area (Å²) >= 11 is 0. The fraction of sp³-hybridized carbons (Fsp3) is 0.484. The second kappa shape index (κ2) is 12.1. The van der Waals surface area contributed by atoms with Gasteiger partial charge in [0.15, 0.2) is 17.9 Å². The molecule has 1 aliphatic heterocycles. The fourth-order valence-corrected chi connectivity index (χ4v) is 6.37. The Morgan fingerprint density at radius 2 is 1.84 bits per heavy atom. The minimum Gasteiger partial charge on any atom is -0.507 e. The number of aliphatic hydroxyl groups is 2. The number of aromatic hydroxyl groups is 2. The van der Waals surface area contributed by atoms with E-state index < -0.39 is 101 Å². The lowest BCUT2D eigenvalue weighted by atomic mass is 9.72. The number of nitrogens with two attached hydrogens (primary N) is 2. The number of benzene rings is 2. The number of Topliss-reactive ketones (excluding diaryl/α,β-unsaturated/α-hetero) is 1. The highest BCUT2D eigenvalue weighted by molar-refractivity contribution is 6.31. The molecule has 0 radical (unpaired) electrons. The van der Waals surface area contributed by atoms with Gasteiger partial charge in [-0.2, -0.15) is 0 Å². The zero-order valence-electron chi connectivity index (χ0n) is 25.0. The number of ether oxygens (including phenoxy) is 3. The van der Waals surface area contributed by atoms with Crippen molar-refractivity contribution in [3.63, 3.8) is 0 Å². The molecule has 3 aliphatic rings. The Morgan fingerprint density at radius 3 is 2.49 bits per heavy atom. The Hall–Kier alpha value is -3.92. The molecule has 9 N–H and O–H groups in total. The topological polar surface area (TPSA) is 241 Å². The van der Waals surface area contributed by atoms with Crippen LogP contribution in [-0.2, 0) is 25.5 Å². The molecule has 1 amide bonds. The Balaban J connectivity index is 1.57. The number of rotatable bonds is 8. The van der Waals surface area contributed by atoms with Gasteiger partial charge in [0, 0.05) is 36.0 Å². The first kappa shape index (κ1) is 32.5. The smallest absolute Gasteiger partial charge is 0.237 e. The molecule has 14 nitrogen and oxygen atoms in total. The van der Waals surface area contributed by atoms with Crippen molar-refractivity contribution in [3.05, 3.63) is 51.6 Å². The molecule has 7 atom stereocenters. The average Bonchev–Trinajstić information content (AvgIpc) is 2.99. The van der Waals surface area contributed by atoms with Crippen LogP contribution in [0.2, 0.25) is 0 Å². The van der Waals surface area contributed by atoms with Crippen LogP contribution >= 0.6 is 0 Å². The van der Waals surface area contributed by atoms with E-state index in [-0.39, 0.29) is 47.4 Å². The summed E-state index contributed by atoms with van der Waals surface area (Å²) in [5, 5.41) is 47.9. The maximum absolute atomic E-state index is 13.8. The Morgan fingerprint density at radius 1 is 1.16 bits per heavy atom. The minimum absolute atomic E-state index is 0.0469. The van der Waals surface area contributed by atoms with Gasteiger partial charge in [0.2, 0.25) is 11.7 Å². The molecule has 5 rings (SSSR count). The van der Waals surface area contributed by atoms with Crippen LogP contribution in [0.15, 0.2) is 18.2 Å². The number of hydrogen-bond acceptors (Lipinski definition) is 13. The third-order valence-electron chi connectivity index (χ3n) is 8.90. The van der Waals surface area contributed by atoms with Crippen molar-refractivity contribution in [2.24, 2.45) is 11.5 Å². The van der Waals surface area contributed by atoms with Crippen molar-refractivity contribution in [1.29, 1.82) is 0 Å². The van der Waals surface area contributed by atoms with Crippen LogP contribution < -0.4 is 21.5 Å². The van der Waals surface area contributed by atoms with E-state index in [1.807, 2.05) is 0 Å². The number of carbonyl (C=O) groups excluding carboxylic acids is 4. The van der Waals surface area contributed by atoms with Gasteiger partial charge in [-0.05, 0) is 32.9 Å². The van der Waals surface area contributed by atoms with E-state index in [0.29, 0.717) is 0 Å². The summed E-state index contributed by atoms with van der Waals surface area (Å²) in [5.41, 5.74) is 7.96. The van der Waals surface area contributed by atoms with Gasteiger partial charge in [-0.1, -0.05) is 12.1 Å².